The molecule has 1 fully saturated rings. The van der Waals surface area contributed by atoms with E-state index >= 15 is 0 Å². The van der Waals surface area contributed by atoms with Crippen LogP contribution in [0.4, 0.5) is 19.0 Å². The van der Waals surface area contributed by atoms with E-state index in [4.69, 9.17) is 0 Å². The molecule has 3 aromatic rings. The van der Waals surface area contributed by atoms with Crippen LogP contribution in [-0.4, -0.2) is 46.0 Å². The lowest BCUT2D eigenvalue weighted by Gasteiger charge is -2.35. The molecule has 0 saturated carbocycles. The molecular weight excluding hydrogens is 383 g/mol. The fourth-order valence-corrected chi connectivity index (χ4v) is 4.87. The van der Waals surface area contributed by atoms with E-state index in [0.29, 0.717) is 11.6 Å². The van der Waals surface area contributed by atoms with Crippen LogP contribution in [0.3, 0.4) is 0 Å². The molecule has 138 valence electrons. The predicted octanol–water partition coefficient (Wildman–Crippen LogP) is 3.80. The van der Waals surface area contributed by atoms with Gasteiger partial charge in [0.25, 0.3) is 0 Å². The maximum Gasteiger partial charge on any atom is 0.434 e. The minimum atomic E-state index is -4.37. The summed E-state index contributed by atoms with van der Waals surface area (Å²) < 4.78 is 39.1. The molecule has 1 aliphatic rings. The summed E-state index contributed by atoms with van der Waals surface area (Å²) in [6.45, 7) is 5.57. The van der Waals surface area contributed by atoms with Crippen LogP contribution in [0.15, 0.2) is 17.1 Å². The lowest BCUT2D eigenvalue weighted by atomic mass is 10.2. The number of thiophene rings is 1. The van der Waals surface area contributed by atoms with E-state index in [1.54, 1.807) is 17.7 Å². The number of rotatable bonds is 3. The molecule has 26 heavy (non-hydrogen) atoms. The van der Waals surface area contributed by atoms with Gasteiger partial charge in [-0.2, -0.15) is 13.2 Å². The molecule has 5 nitrogen and oxygen atoms in total. The molecule has 10 heteroatoms. The van der Waals surface area contributed by atoms with Crippen molar-refractivity contribution in [2.45, 2.75) is 19.6 Å². The van der Waals surface area contributed by atoms with Crippen molar-refractivity contribution in [2.75, 3.05) is 31.1 Å². The summed E-state index contributed by atoms with van der Waals surface area (Å²) >= 11 is 2.71. The molecule has 1 saturated heterocycles. The van der Waals surface area contributed by atoms with Gasteiger partial charge in [0.1, 0.15) is 17.2 Å². The number of hydrogen-bond donors (Lipinski definition) is 0. The first-order valence-corrected chi connectivity index (χ1v) is 9.85. The molecule has 4 heterocycles. The lowest BCUT2D eigenvalue weighted by Crippen LogP contribution is -2.46. The highest BCUT2D eigenvalue weighted by Gasteiger charge is 2.34. The summed E-state index contributed by atoms with van der Waals surface area (Å²) in [5.41, 5.74) is 1.34. The highest BCUT2D eigenvalue weighted by atomic mass is 32.1. The second-order valence-electron chi connectivity index (χ2n) is 6.18. The fraction of sp³-hybridized carbons (Fsp3) is 0.438. The van der Waals surface area contributed by atoms with Crippen molar-refractivity contribution in [3.63, 3.8) is 0 Å². The van der Waals surface area contributed by atoms with Gasteiger partial charge in [-0.25, -0.2) is 15.0 Å². The summed E-state index contributed by atoms with van der Waals surface area (Å²) in [5, 5.41) is 3.67. The third-order valence-corrected chi connectivity index (χ3v) is 6.30. The van der Waals surface area contributed by atoms with Gasteiger partial charge in [0, 0.05) is 31.6 Å². The SMILES string of the molecule is Cc1csc2c(N3CCN(Cc4nc(C(F)(F)F)cs4)CC3)ncnc12. The van der Waals surface area contributed by atoms with Crippen molar-refractivity contribution in [2.24, 2.45) is 0 Å². The maximum atomic E-state index is 12.7. The second-order valence-corrected chi connectivity index (χ2v) is 8.00. The number of anilines is 1. The number of aryl methyl sites for hydroxylation is 1. The monoisotopic (exact) mass is 399 g/mol. The summed E-state index contributed by atoms with van der Waals surface area (Å²) in [4.78, 5) is 16.9. The minimum absolute atomic E-state index is 0.450. The molecular formula is C16H16F3N5S2. The van der Waals surface area contributed by atoms with Crippen LogP contribution in [0.1, 0.15) is 16.3 Å². The Bertz CT molecular complexity index is 912. The van der Waals surface area contributed by atoms with Crippen molar-refractivity contribution >= 4 is 38.7 Å². The van der Waals surface area contributed by atoms with E-state index in [1.807, 2.05) is 6.92 Å². The highest BCUT2D eigenvalue weighted by Crippen LogP contribution is 2.32. The van der Waals surface area contributed by atoms with Gasteiger partial charge >= 0.3 is 6.18 Å². The maximum absolute atomic E-state index is 12.7. The quantitative estimate of drug-likeness (QED) is 0.670. The zero-order chi connectivity index (χ0) is 18.3. The summed E-state index contributed by atoms with van der Waals surface area (Å²) in [6.07, 6.45) is -2.78. The molecule has 0 aromatic carbocycles. The average Bonchev–Trinajstić information content (AvgIpc) is 3.23. The lowest BCUT2D eigenvalue weighted by molar-refractivity contribution is -0.140. The van der Waals surface area contributed by atoms with E-state index in [0.717, 1.165) is 64.5 Å². The number of hydrogen-bond acceptors (Lipinski definition) is 7. The number of halogens is 3. The Morgan fingerprint density at radius 1 is 1.08 bits per heavy atom. The fourth-order valence-electron chi connectivity index (χ4n) is 3.01. The molecule has 4 rings (SSSR count). The first-order valence-electron chi connectivity index (χ1n) is 8.09. The molecule has 0 N–H and O–H groups in total. The summed E-state index contributed by atoms with van der Waals surface area (Å²) in [6, 6.07) is 0. The van der Waals surface area contributed by atoms with Gasteiger partial charge in [-0.15, -0.1) is 22.7 Å². The second kappa shape index (κ2) is 6.75. The van der Waals surface area contributed by atoms with Crippen LogP contribution < -0.4 is 4.90 Å². The van der Waals surface area contributed by atoms with Crippen LogP contribution in [0.25, 0.3) is 10.2 Å². The molecule has 0 spiro atoms. The van der Waals surface area contributed by atoms with Gasteiger partial charge in [0.15, 0.2) is 5.69 Å². The Balaban J connectivity index is 1.42. The minimum Gasteiger partial charge on any atom is -0.353 e. The van der Waals surface area contributed by atoms with Crippen LogP contribution in [0.5, 0.6) is 0 Å². The summed E-state index contributed by atoms with van der Waals surface area (Å²) in [5.74, 6) is 0.946. The van der Waals surface area contributed by atoms with E-state index in [-0.39, 0.29) is 0 Å². The third kappa shape index (κ3) is 3.40. The van der Waals surface area contributed by atoms with Gasteiger partial charge in [-0.3, -0.25) is 4.90 Å². The Kier molecular flexibility index (Phi) is 4.57. The highest BCUT2D eigenvalue weighted by molar-refractivity contribution is 7.18. The summed E-state index contributed by atoms with van der Waals surface area (Å²) in [7, 11) is 0. The number of piperazine rings is 1. The number of aromatic nitrogens is 3. The molecule has 3 aromatic heterocycles. The predicted molar refractivity (Wildman–Crippen MR) is 96.8 cm³/mol. The molecule has 0 amide bonds. The van der Waals surface area contributed by atoms with Crippen LogP contribution in [-0.2, 0) is 12.7 Å². The van der Waals surface area contributed by atoms with Crippen molar-refractivity contribution < 1.29 is 13.2 Å². The molecule has 0 aliphatic carbocycles. The normalized spacial score (nSPS) is 16.5. The largest absolute Gasteiger partial charge is 0.434 e. The van der Waals surface area contributed by atoms with Crippen LogP contribution >= 0.6 is 22.7 Å². The van der Waals surface area contributed by atoms with Gasteiger partial charge in [0.2, 0.25) is 0 Å². The van der Waals surface area contributed by atoms with Crippen molar-refractivity contribution in [1.29, 1.82) is 0 Å². The van der Waals surface area contributed by atoms with E-state index < -0.39 is 11.9 Å². The molecule has 0 bridgehead atoms. The van der Waals surface area contributed by atoms with Gasteiger partial charge in [-0.1, -0.05) is 0 Å². The Morgan fingerprint density at radius 3 is 2.54 bits per heavy atom. The Hall–Kier alpha value is -1.78. The first kappa shape index (κ1) is 17.6. The zero-order valence-electron chi connectivity index (χ0n) is 14.0. The van der Waals surface area contributed by atoms with E-state index in [2.05, 4.69) is 30.1 Å². The zero-order valence-corrected chi connectivity index (χ0v) is 15.6. The smallest absolute Gasteiger partial charge is 0.353 e. The Labute approximate surface area is 156 Å². The van der Waals surface area contributed by atoms with Crippen molar-refractivity contribution in [1.82, 2.24) is 19.9 Å². The van der Waals surface area contributed by atoms with Crippen molar-refractivity contribution in [3.05, 3.63) is 33.4 Å². The number of fused-ring (bicyclic) bond motifs is 1. The number of alkyl halides is 3. The van der Waals surface area contributed by atoms with Crippen LogP contribution in [0, 0.1) is 6.92 Å². The standard InChI is InChI=1S/C16H16F3N5S2/c1-10-7-26-14-13(10)20-9-21-15(14)24-4-2-23(3-5-24)6-12-22-11(8-25-12)16(17,18)19/h7-9H,2-6H2,1H3. The molecule has 0 radical (unpaired) electrons. The number of nitrogens with zero attached hydrogens (tertiary/aromatic N) is 5. The van der Waals surface area contributed by atoms with Crippen LogP contribution in [0.2, 0.25) is 0 Å². The van der Waals surface area contributed by atoms with Gasteiger partial charge in [-0.05, 0) is 17.9 Å². The third-order valence-electron chi connectivity index (χ3n) is 4.38. The van der Waals surface area contributed by atoms with E-state index in [1.165, 1.54) is 0 Å². The molecule has 1 aliphatic heterocycles. The first-order chi connectivity index (χ1) is 12.4. The topological polar surface area (TPSA) is 45.2 Å². The van der Waals surface area contributed by atoms with Gasteiger partial charge in [0.05, 0.1) is 16.8 Å². The van der Waals surface area contributed by atoms with Gasteiger partial charge < -0.3 is 4.90 Å². The molecule has 0 atom stereocenters. The molecule has 0 unspecified atom stereocenters. The van der Waals surface area contributed by atoms with E-state index in [9.17, 15) is 13.2 Å². The average molecular weight is 399 g/mol. The van der Waals surface area contributed by atoms with Crippen molar-refractivity contribution in [3.8, 4) is 0 Å². The Morgan fingerprint density at radius 2 is 1.85 bits per heavy atom. The number of thiazole rings is 1.